The molecule has 2 amide bonds. The minimum absolute atomic E-state index is 0.0845. The number of nitrogen functional groups attached to an aromatic ring is 1. The van der Waals surface area contributed by atoms with Gasteiger partial charge in [-0.1, -0.05) is 35.3 Å². The van der Waals surface area contributed by atoms with Gasteiger partial charge in [0.25, 0.3) is 0 Å². The van der Waals surface area contributed by atoms with Crippen LogP contribution in [0.5, 0.6) is 11.8 Å². The van der Waals surface area contributed by atoms with Gasteiger partial charge in [-0.3, -0.25) is 4.79 Å². The minimum Gasteiger partial charge on any atom is -0.424 e. The number of thioether (sulfide) groups is 1. The van der Waals surface area contributed by atoms with Crippen LogP contribution < -0.4 is 26.8 Å². The molecule has 40 heavy (non-hydrogen) atoms. The third-order valence-corrected chi connectivity index (χ3v) is 6.79. The Morgan fingerprint density at radius 1 is 0.975 bits per heavy atom. The number of aromatic nitrogens is 3. The zero-order chi connectivity index (χ0) is 28.6. The molecule has 13 heteroatoms. The molecule has 206 valence electrons. The van der Waals surface area contributed by atoms with Crippen LogP contribution in [0.2, 0.25) is 10.0 Å². The highest BCUT2D eigenvalue weighted by molar-refractivity contribution is 7.98. The molecule has 6 N–H and O–H groups in total. The molecule has 2 aromatic heterocycles. The van der Waals surface area contributed by atoms with Gasteiger partial charge in [0.2, 0.25) is 0 Å². The largest absolute Gasteiger partial charge is 0.424 e. The van der Waals surface area contributed by atoms with Crippen molar-refractivity contribution in [2.24, 2.45) is 5.73 Å². The fourth-order valence-electron chi connectivity index (χ4n) is 3.58. The zero-order valence-corrected chi connectivity index (χ0v) is 23.6. The van der Waals surface area contributed by atoms with Crippen molar-refractivity contribution < 1.29 is 14.3 Å². The number of nitrogens with zero attached hydrogens (tertiary/aromatic N) is 3. The van der Waals surface area contributed by atoms with Crippen molar-refractivity contribution in [3.05, 3.63) is 82.7 Å². The van der Waals surface area contributed by atoms with E-state index < -0.39 is 12.1 Å². The van der Waals surface area contributed by atoms with Gasteiger partial charge in [0, 0.05) is 23.0 Å². The highest BCUT2D eigenvalue weighted by Crippen LogP contribution is 2.29. The quantitative estimate of drug-likeness (QED) is 0.158. The molecule has 0 fully saturated rings. The number of halogens is 2. The smallest absolute Gasteiger partial charge is 0.323 e. The summed E-state index contributed by atoms with van der Waals surface area (Å²) in [6.07, 6.45) is 6.75. The molecule has 0 unspecified atom stereocenters. The molecule has 0 bridgehead atoms. The molecule has 0 aliphatic rings. The van der Waals surface area contributed by atoms with Crippen molar-refractivity contribution in [3.8, 4) is 22.9 Å². The predicted molar refractivity (Wildman–Crippen MR) is 161 cm³/mol. The van der Waals surface area contributed by atoms with Gasteiger partial charge < -0.3 is 26.8 Å². The summed E-state index contributed by atoms with van der Waals surface area (Å²) in [6, 6.07) is 12.3. The zero-order valence-electron chi connectivity index (χ0n) is 21.2. The lowest BCUT2D eigenvalue weighted by atomic mass is 10.0. The standard InChI is InChI=1S/C27H25Cl2N7O3S/c1-40-9-8-23(30)24(37)21-11-17(4-7-22(21)29)35-26(38)36-18-13-33-27(34-14-18)39-19-5-2-15(3-6-19)20-10-16(28)12-32-25(20)31/h2-7,10-14,23H,8-9,30H2,1H3,(H2,31,32)(H2,35,36,38)/t23-/m0/s1. The van der Waals surface area contributed by atoms with Crippen LogP contribution in [0.25, 0.3) is 11.1 Å². The van der Waals surface area contributed by atoms with Crippen LogP contribution in [0.4, 0.5) is 22.0 Å². The number of hydrogen-bond acceptors (Lipinski definition) is 9. The van der Waals surface area contributed by atoms with Gasteiger partial charge in [-0.2, -0.15) is 11.8 Å². The van der Waals surface area contributed by atoms with E-state index in [2.05, 4.69) is 25.6 Å². The number of ether oxygens (including phenoxy) is 1. The summed E-state index contributed by atoms with van der Waals surface area (Å²) in [5.41, 5.74) is 14.4. The minimum atomic E-state index is -0.677. The van der Waals surface area contributed by atoms with Crippen molar-refractivity contribution >= 4 is 64.0 Å². The molecular weight excluding hydrogens is 573 g/mol. The Kier molecular flexibility index (Phi) is 9.78. The first-order chi connectivity index (χ1) is 19.2. The van der Waals surface area contributed by atoms with E-state index in [0.717, 1.165) is 11.3 Å². The maximum absolute atomic E-state index is 12.7. The van der Waals surface area contributed by atoms with Crippen LogP contribution in [0, 0.1) is 0 Å². The number of benzene rings is 2. The van der Waals surface area contributed by atoms with Gasteiger partial charge in [0.15, 0.2) is 5.78 Å². The Morgan fingerprint density at radius 3 is 2.38 bits per heavy atom. The molecule has 4 rings (SSSR count). The lowest BCUT2D eigenvalue weighted by molar-refractivity contribution is 0.0960. The van der Waals surface area contributed by atoms with Crippen molar-refractivity contribution in [1.82, 2.24) is 15.0 Å². The van der Waals surface area contributed by atoms with Crippen LogP contribution in [-0.4, -0.2) is 44.8 Å². The molecular formula is C27H25Cl2N7O3S. The molecule has 0 saturated heterocycles. The first-order valence-corrected chi connectivity index (χ1v) is 14.1. The summed E-state index contributed by atoms with van der Waals surface area (Å²) in [6.45, 7) is 0. The third kappa shape index (κ3) is 7.60. The number of nitrogens with one attached hydrogen (secondary N) is 2. The predicted octanol–water partition coefficient (Wildman–Crippen LogP) is 6.13. The number of rotatable bonds is 10. The normalized spacial score (nSPS) is 11.5. The van der Waals surface area contributed by atoms with Crippen molar-refractivity contribution in [2.45, 2.75) is 12.5 Å². The molecule has 1 atom stereocenters. The summed E-state index contributed by atoms with van der Waals surface area (Å²) in [5.74, 6) is 1.33. The Morgan fingerprint density at radius 2 is 1.68 bits per heavy atom. The molecule has 2 aromatic carbocycles. The van der Waals surface area contributed by atoms with E-state index in [9.17, 15) is 9.59 Å². The van der Waals surface area contributed by atoms with E-state index in [1.165, 1.54) is 30.7 Å². The van der Waals surface area contributed by atoms with Crippen molar-refractivity contribution in [2.75, 3.05) is 28.4 Å². The van der Waals surface area contributed by atoms with Crippen LogP contribution in [-0.2, 0) is 0 Å². The SMILES string of the molecule is CSCC[C@H](N)C(=O)c1cc(NC(=O)Nc2cnc(Oc3ccc(-c4cc(Cl)cnc4N)cc3)nc2)ccc1Cl. The molecule has 0 aliphatic heterocycles. The van der Waals surface area contributed by atoms with Gasteiger partial charge in [0.05, 0.1) is 34.2 Å². The number of anilines is 3. The molecule has 0 aliphatic carbocycles. The fourth-order valence-corrected chi connectivity index (χ4v) is 4.44. The molecule has 0 radical (unpaired) electrons. The van der Waals surface area contributed by atoms with E-state index >= 15 is 0 Å². The number of Topliss-reactive ketones (excluding diaryl/α,β-unsaturated/α-hetero) is 1. The summed E-state index contributed by atoms with van der Waals surface area (Å²) < 4.78 is 5.69. The highest BCUT2D eigenvalue weighted by Gasteiger charge is 2.19. The topological polar surface area (TPSA) is 158 Å². The fraction of sp³-hybridized carbons (Fsp3) is 0.148. The molecule has 2 heterocycles. The first kappa shape index (κ1) is 29.1. The number of nitrogens with two attached hydrogens (primary N) is 2. The Labute approximate surface area is 244 Å². The van der Waals surface area contributed by atoms with Crippen LogP contribution >= 0.6 is 35.0 Å². The summed E-state index contributed by atoms with van der Waals surface area (Å²) in [4.78, 5) is 37.5. The van der Waals surface area contributed by atoms with Crippen LogP contribution in [0.3, 0.4) is 0 Å². The van der Waals surface area contributed by atoms with Crippen molar-refractivity contribution in [3.63, 3.8) is 0 Å². The second kappa shape index (κ2) is 13.4. The molecule has 0 saturated carbocycles. The van der Waals surface area contributed by atoms with E-state index in [1.807, 2.05) is 18.4 Å². The van der Waals surface area contributed by atoms with E-state index in [0.29, 0.717) is 39.9 Å². The van der Waals surface area contributed by atoms with E-state index in [-0.39, 0.29) is 22.4 Å². The van der Waals surface area contributed by atoms with Gasteiger partial charge in [-0.15, -0.1) is 0 Å². The van der Waals surface area contributed by atoms with Crippen LogP contribution in [0.1, 0.15) is 16.8 Å². The Balaban J connectivity index is 1.34. The second-order valence-corrected chi connectivity index (χ2v) is 10.3. The monoisotopic (exact) mass is 597 g/mol. The lowest BCUT2D eigenvalue weighted by Gasteiger charge is -2.13. The molecule has 10 nitrogen and oxygen atoms in total. The van der Waals surface area contributed by atoms with Gasteiger partial charge in [0.1, 0.15) is 11.6 Å². The number of amides is 2. The van der Waals surface area contributed by atoms with Gasteiger partial charge in [-0.25, -0.2) is 19.7 Å². The summed E-state index contributed by atoms with van der Waals surface area (Å²) in [5, 5.41) is 6.03. The number of pyridine rings is 1. The third-order valence-electron chi connectivity index (χ3n) is 5.61. The summed E-state index contributed by atoms with van der Waals surface area (Å²) >= 11 is 13.8. The second-order valence-electron chi connectivity index (χ2n) is 8.49. The van der Waals surface area contributed by atoms with Gasteiger partial charge in [-0.05, 0) is 60.4 Å². The number of urea groups is 1. The number of carbonyl (C=O) groups is 2. The average Bonchev–Trinajstić information content (AvgIpc) is 2.95. The molecule has 4 aromatic rings. The number of hydrogen-bond donors (Lipinski definition) is 4. The van der Waals surface area contributed by atoms with E-state index in [4.69, 9.17) is 39.4 Å². The lowest BCUT2D eigenvalue weighted by Crippen LogP contribution is -2.31. The highest BCUT2D eigenvalue weighted by atomic mass is 35.5. The average molecular weight is 599 g/mol. The van der Waals surface area contributed by atoms with E-state index in [1.54, 1.807) is 36.0 Å². The maximum Gasteiger partial charge on any atom is 0.323 e. The Hall–Kier alpha value is -3.90. The van der Waals surface area contributed by atoms with Gasteiger partial charge >= 0.3 is 12.0 Å². The molecule has 0 spiro atoms. The maximum atomic E-state index is 12.7. The Bertz CT molecular complexity index is 1510. The van der Waals surface area contributed by atoms with Crippen molar-refractivity contribution in [1.29, 1.82) is 0 Å². The number of ketones is 1. The first-order valence-electron chi connectivity index (χ1n) is 11.9. The van der Waals surface area contributed by atoms with Crippen LogP contribution in [0.15, 0.2) is 67.1 Å². The number of carbonyl (C=O) groups excluding carboxylic acids is 2. The summed E-state index contributed by atoms with van der Waals surface area (Å²) in [7, 11) is 0.